The molecule has 0 aliphatic carbocycles. The molecule has 2 nitrogen and oxygen atoms in total. The van der Waals surface area contributed by atoms with E-state index in [4.69, 9.17) is 0 Å². The van der Waals surface area contributed by atoms with Gasteiger partial charge in [-0.3, -0.25) is 4.79 Å². The third kappa shape index (κ3) is 4.32. The summed E-state index contributed by atoms with van der Waals surface area (Å²) in [6.45, 7) is 0. The molecule has 3 heteroatoms. The molecule has 0 aromatic heterocycles. The molecule has 3 rings (SSSR count). The minimum atomic E-state index is -0.0207. The van der Waals surface area contributed by atoms with Gasteiger partial charge >= 0.3 is 0 Å². The monoisotopic (exact) mass is 425 g/mol. The normalized spacial score (nSPS) is 10.7. The minimum absolute atomic E-state index is 0.0207. The Morgan fingerprint density at radius 1 is 0.792 bits per heavy atom. The number of halogens is 1. The van der Waals surface area contributed by atoms with Crippen LogP contribution in [0.3, 0.4) is 0 Å². The fraction of sp³-hybridized carbons (Fsp3) is 0. The van der Waals surface area contributed by atoms with Gasteiger partial charge in [0.05, 0.1) is 0 Å². The van der Waals surface area contributed by atoms with Gasteiger partial charge in [-0.05, 0) is 58.0 Å². The van der Waals surface area contributed by atoms with Crippen molar-refractivity contribution in [2.24, 2.45) is 0 Å². The van der Waals surface area contributed by atoms with Crippen LogP contribution in [0.2, 0.25) is 0 Å². The van der Waals surface area contributed by atoms with Crippen LogP contribution in [0.25, 0.3) is 11.1 Å². The molecule has 0 unspecified atom stereocenters. The highest BCUT2D eigenvalue weighted by molar-refractivity contribution is 14.1. The van der Waals surface area contributed by atoms with E-state index in [0.29, 0.717) is 5.56 Å². The summed E-state index contributed by atoms with van der Waals surface area (Å²) in [5, 5.41) is 3.11. The second kappa shape index (κ2) is 7.93. The Hall–Kier alpha value is -2.40. The maximum atomic E-state index is 12.2. The lowest BCUT2D eigenvalue weighted by Crippen LogP contribution is -1.96. The summed E-state index contributed by atoms with van der Waals surface area (Å²) in [6, 6.07) is 25.8. The molecule has 24 heavy (non-hydrogen) atoms. The highest BCUT2D eigenvalue weighted by Crippen LogP contribution is 2.19. The Labute approximate surface area is 155 Å². The van der Waals surface area contributed by atoms with Crippen LogP contribution in [-0.2, 0) is 0 Å². The minimum Gasteiger partial charge on any atom is -0.362 e. The van der Waals surface area contributed by atoms with E-state index in [1.165, 1.54) is 3.57 Å². The van der Waals surface area contributed by atoms with E-state index in [1.807, 2.05) is 66.7 Å². The number of allylic oxidation sites excluding steroid dienone is 1. The fourth-order valence-corrected chi connectivity index (χ4v) is 2.67. The number of rotatable bonds is 5. The maximum absolute atomic E-state index is 12.2. The number of hydrogen-bond donors (Lipinski definition) is 1. The van der Waals surface area contributed by atoms with Crippen LogP contribution >= 0.6 is 22.6 Å². The third-order valence-corrected chi connectivity index (χ3v) is 4.32. The van der Waals surface area contributed by atoms with Gasteiger partial charge in [-0.15, -0.1) is 0 Å². The molecule has 0 heterocycles. The van der Waals surface area contributed by atoms with Crippen LogP contribution in [0, 0.1) is 3.57 Å². The summed E-state index contributed by atoms with van der Waals surface area (Å²) in [6.07, 6.45) is 3.23. The van der Waals surface area contributed by atoms with E-state index in [2.05, 4.69) is 40.0 Å². The van der Waals surface area contributed by atoms with Gasteiger partial charge in [0.1, 0.15) is 0 Å². The predicted molar refractivity (Wildman–Crippen MR) is 108 cm³/mol. The van der Waals surface area contributed by atoms with Crippen LogP contribution in [-0.4, -0.2) is 5.78 Å². The van der Waals surface area contributed by atoms with Crippen molar-refractivity contribution in [3.05, 3.63) is 100 Å². The van der Waals surface area contributed by atoms with Gasteiger partial charge in [0.15, 0.2) is 5.78 Å². The van der Waals surface area contributed by atoms with Crippen LogP contribution in [0.4, 0.5) is 5.69 Å². The summed E-state index contributed by atoms with van der Waals surface area (Å²) < 4.78 is 1.18. The Morgan fingerprint density at radius 3 is 2.08 bits per heavy atom. The van der Waals surface area contributed by atoms with Gasteiger partial charge in [0, 0.05) is 27.1 Å². The molecular formula is C21H16INO. The average Bonchev–Trinajstić information content (AvgIpc) is 2.64. The number of benzene rings is 3. The van der Waals surface area contributed by atoms with Crippen molar-refractivity contribution in [2.75, 3.05) is 5.32 Å². The Balaban J connectivity index is 1.64. The van der Waals surface area contributed by atoms with Crippen molar-refractivity contribution < 1.29 is 4.79 Å². The Morgan fingerprint density at radius 2 is 1.42 bits per heavy atom. The molecule has 0 radical (unpaired) electrons. The summed E-state index contributed by atoms with van der Waals surface area (Å²) in [5.41, 5.74) is 3.88. The highest BCUT2D eigenvalue weighted by Gasteiger charge is 2.02. The SMILES string of the molecule is O=C(C=CNc1ccc(I)cc1)c1ccc(-c2ccccc2)cc1. The summed E-state index contributed by atoms with van der Waals surface area (Å²) >= 11 is 2.26. The van der Waals surface area contributed by atoms with Gasteiger partial charge < -0.3 is 5.32 Å². The lowest BCUT2D eigenvalue weighted by molar-refractivity contribution is 0.104. The molecule has 0 aliphatic rings. The van der Waals surface area contributed by atoms with E-state index in [-0.39, 0.29) is 5.78 Å². The van der Waals surface area contributed by atoms with Crippen molar-refractivity contribution >= 4 is 34.1 Å². The first kappa shape index (κ1) is 16.5. The molecule has 0 atom stereocenters. The molecule has 0 fully saturated rings. The van der Waals surface area contributed by atoms with E-state index in [9.17, 15) is 4.79 Å². The zero-order valence-corrected chi connectivity index (χ0v) is 15.1. The third-order valence-electron chi connectivity index (χ3n) is 3.61. The van der Waals surface area contributed by atoms with E-state index < -0.39 is 0 Å². The maximum Gasteiger partial charge on any atom is 0.187 e. The van der Waals surface area contributed by atoms with Crippen molar-refractivity contribution in [1.29, 1.82) is 0 Å². The molecule has 0 saturated heterocycles. The van der Waals surface area contributed by atoms with Crippen molar-refractivity contribution in [3.63, 3.8) is 0 Å². The average molecular weight is 425 g/mol. The second-order valence-corrected chi connectivity index (χ2v) is 6.54. The van der Waals surface area contributed by atoms with E-state index in [0.717, 1.165) is 16.8 Å². The molecule has 0 aliphatic heterocycles. The number of hydrogen-bond acceptors (Lipinski definition) is 2. The van der Waals surface area contributed by atoms with Gasteiger partial charge in [0.25, 0.3) is 0 Å². The van der Waals surface area contributed by atoms with E-state index in [1.54, 1.807) is 12.3 Å². The van der Waals surface area contributed by atoms with Gasteiger partial charge in [-0.25, -0.2) is 0 Å². The van der Waals surface area contributed by atoms with Gasteiger partial charge in [0.2, 0.25) is 0 Å². The molecule has 0 saturated carbocycles. The van der Waals surface area contributed by atoms with Crippen molar-refractivity contribution in [3.8, 4) is 11.1 Å². The Kier molecular flexibility index (Phi) is 5.43. The first-order valence-electron chi connectivity index (χ1n) is 7.61. The number of nitrogens with one attached hydrogen (secondary N) is 1. The lowest BCUT2D eigenvalue weighted by Gasteiger charge is -2.03. The zero-order chi connectivity index (χ0) is 16.8. The van der Waals surface area contributed by atoms with Gasteiger partial charge in [-0.1, -0.05) is 54.6 Å². The molecule has 1 N–H and O–H groups in total. The summed E-state index contributed by atoms with van der Waals surface area (Å²) in [7, 11) is 0. The Bertz CT molecular complexity index is 837. The lowest BCUT2D eigenvalue weighted by atomic mass is 10.0. The standard InChI is InChI=1S/C21H16INO/c22-19-10-12-20(13-11-19)23-15-14-21(24)18-8-6-17(7-9-18)16-4-2-1-3-5-16/h1-15,23H. The molecule has 0 amide bonds. The summed E-state index contributed by atoms with van der Waals surface area (Å²) in [5.74, 6) is -0.0207. The van der Waals surface area contributed by atoms with Crippen LogP contribution in [0.1, 0.15) is 10.4 Å². The first-order chi connectivity index (χ1) is 11.7. The smallest absolute Gasteiger partial charge is 0.187 e. The van der Waals surface area contributed by atoms with Crippen LogP contribution < -0.4 is 5.32 Å². The molecule has 0 spiro atoms. The van der Waals surface area contributed by atoms with Crippen molar-refractivity contribution in [1.82, 2.24) is 0 Å². The predicted octanol–water partition coefficient (Wildman–Crippen LogP) is 5.77. The topological polar surface area (TPSA) is 29.1 Å². The van der Waals surface area contributed by atoms with Crippen LogP contribution in [0.15, 0.2) is 91.1 Å². The number of carbonyl (C=O) groups is 1. The number of anilines is 1. The highest BCUT2D eigenvalue weighted by atomic mass is 127. The van der Waals surface area contributed by atoms with Crippen molar-refractivity contribution in [2.45, 2.75) is 0 Å². The molecule has 3 aromatic rings. The van der Waals surface area contributed by atoms with Gasteiger partial charge in [-0.2, -0.15) is 0 Å². The summed E-state index contributed by atoms with van der Waals surface area (Å²) in [4.78, 5) is 12.2. The largest absolute Gasteiger partial charge is 0.362 e. The quantitative estimate of drug-likeness (QED) is 0.320. The number of ketones is 1. The molecular weight excluding hydrogens is 409 g/mol. The zero-order valence-electron chi connectivity index (χ0n) is 12.9. The van der Waals surface area contributed by atoms with Crippen LogP contribution in [0.5, 0.6) is 0 Å². The molecule has 118 valence electrons. The molecule has 0 bridgehead atoms. The number of carbonyl (C=O) groups excluding carboxylic acids is 1. The first-order valence-corrected chi connectivity index (χ1v) is 8.69. The fourth-order valence-electron chi connectivity index (χ4n) is 2.31. The molecule has 3 aromatic carbocycles. The van der Waals surface area contributed by atoms with E-state index >= 15 is 0 Å². The second-order valence-electron chi connectivity index (χ2n) is 5.29.